The zero-order chi connectivity index (χ0) is 14.4. The van der Waals surface area contributed by atoms with Gasteiger partial charge in [-0.05, 0) is 49.2 Å². The predicted molar refractivity (Wildman–Crippen MR) is 81.3 cm³/mol. The van der Waals surface area contributed by atoms with Crippen LogP contribution in [0.5, 0.6) is 11.5 Å². The van der Waals surface area contributed by atoms with Crippen molar-refractivity contribution in [3.05, 3.63) is 59.2 Å². The number of hydrogen-bond donors (Lipinski definition) is 0. The normalized spacial score (nSPS) is 9.55. The van der Waals surface area contributed by atoms with Gasteiger partial charge in [-0.3, -0.25) is 0 Å². The smallest absolute Gasteiger partial charge is 0.162 e. The van der Waals surface area contributed by atoms with Crippen molar-refractivity contribution < 1.29 is 9.47 Å². The van der Waals surface area contributed by atoms with Gasteiger partial charge in [0.05, 0.1) is 7.11 Å². The lowest BCUT2D eigenvalue weighted by Gasteiger charge is -2.07. The van der Waals surface area contributed by atoms with E-state index in [4.69, 9.17) is 9.47 Å². The van der Waals surface area contributed by atoms with E-state index in [1.807, 2.05) is 24.3 Å². The molecule has 0 fully saturated rings. The Morgan fingerprint density at radius 1 is 0.950 bits per heavy atom. The first-order chi connectivity index (χ1) is 9.69. The number of rotatable bonds is 3. The summed E-state index contributed by atoms with van der Waals surface area (Å²) in [5, 5.41) is 0. The van der Waals surface area contributed by atoms with E-state index in [1.54, 1.807) is 7.11 Å². The monoisotopic (exact) mass is 266 g/mol. The summed E-state index contributed by atoms with van der Waals surface area (Å²) in [5.41, 5.74) is 3.46. The fraction of sp³-hybridized carbons (Fsp3) is 0.222. The molecule has 0 saturated carbocycles. The summed E-state index contributed by atoms with van der Waals surface area (Å²) >= 11 is 0. The number of aryl methyl sites for hydroxylation is 2. The van der Waals surface area contributed by atoms with Gasteiger partial charge >= 0.3 is 0 Å². The summed E-state index contributed by atoms with van der Waals surface area (Å²) in [6.45, 7) is 4.49. The van der Waals surface area contributed by atoms with E-state index in [2.05, 4.69) is 43.9 Å². The average Bonchev–Trinajstić information content (AvgIpc) is 2.43. The molecule has 20 heavy (non-hydrogen) atoms. The Hall–Kier alpha value is -2.40. The minimum absolute atomic E-state index is 0.341. The molecular weight excluding hydrogens is 248 g/mol. The zero-order valence-corrected chi connectivity index (χ0v) is 12.1. The topological polar surface area (TPSA) is 18.5 Å². The van der Waals surface area contributed by atoms with Crippen LogP contribution in [0.1, 0.15) is 16.7 Å². The van der Waals surface area contributed by atoms with Crippen LogP contribution in [0.15, 0.2) is 42.5 Å². The molecule has 0 aliphatic rings. The van der Waals surface area contributed by atoms with Crippen LogP contribution in [-0.4, -0.2) is 13.7 Å². The maximum atomic E-state index is 5.61. The molecule has 0 heterocycles. The highest BCUT2D eigenvalue weighted by atomic mass is 16.5. The van der Waals surface area contributed by atoms with E-state index in [0.29, 0.717) is 12.4 Å². The van der Waals surface area contributed by atoms with E-state index in [9.17, 15) is 0 Å². The lowest BCUT2D eigenvalue weighted by Crippen LogP contribution is -1.96. The van der Waals surface area contributed by atoms with E-state index in [0.717, 1.165) is 11.3 Å². The summed E-state index contributed by atoms with van der Waals surface area (Å²) in [6, 6.07) is 13.8. The van der Waals surface area contributed by atoms with E-state index in [1.165, 1.54) is 11.1 Å². The van der Waals surface area contributed by atoms with Crippen molar-refractivity contribution in [2.75, 3.05) is 13.7 Å². The Balaban J connectivity index is 2.01. The van der Waals surface area contributed by atoms with E-state index < -0.39 is 0 Å². The second-order valence-electron chi connectivity index (χ2n) is 4.62. The first kappa shape index (κ1) is 14.0. The SMILES string of the molecule is COc1ccccc1OCC#Cc1cc(C)cc(C)c1. The van der Waals surface area contributed by atoms with Gasteiger partial charge in [0.2, 0.25) is 0 Å². The Morgan fingerprint density at radius 3 is 2.25 bits per heavy atom. The fourth-order valence-electron chi connectivity index (χ4n) is 2.04. The molecule has 2 heteroatoms. The molecule has 0 amide bonds. The van der Waals surface area contributed by atoms with Crippen LogP contribution in [0.25, 0.3) is 0 Å². The van der Waals surface area contributed by atoms with Crippen LogP contribution in [0.4, 0.5) is 0 Å². The second-order valence-corrected chi connectivity index (χ2v) is 4.62. The molecular formula is C18H18O2. The van der Waals surface area contributed by atoms with Crippen molar-refractivity contribution in [3.63, 3.8) is 0 Å². The Labute approximate surface area is 120 Å². The van der Waals surface area contributed by atoms with Crippen molar-refractivity contribution in [2.24, 2.45) is 0 Å². The summed E-state index contributed by atoms with van der Waals surface area (Å²) in [6.07, 6.45) is 0. The average molecular weight is 266 g/mol. The molecule has 0 aliphatic heterocycles. The molecule has 0 N–H and O–H groups in total. The maximum absolute atomic E-state index is 5.61. The van der Waals surface area contributed by atoms with Crippen LogP contribution < -0.4 is 9.47 Å². The number of hydrogen-bond acceptors (Lipinski definition) is 2. The van der Waals surface area contributed by atoms with Crippen molar-refractivity contribution in [3.8, 4) is 23.3 Å². The number of para-hydroxylation sites is 2. The maximum Gasteiger partial charge on any atom is 0.162 e. The van der Waals surface area contributed by atoms with Gasteiger partial charge in [-0.25, -0.2) is 0 Å². The number of benzene rings is 2. The lowest BCUT2D eigenvalue weighted by molar-refractivity contribution is 0.331. The fourth-order valence-corrected chi connectivity index (χ4v) is 2.04. The second kappa shape index (κ2) is 6.68. The molecule has 0 aromatic heterocycles. The summed E-state index contributed by atoms with van der Waals surface area (Å²) in [5.74, 6) is 7.58. The molecule has 0 radical (unpaired) electrons. The number of methoxy groups -OCH3 is 1. The van der Waals surface area contributed by atoms with Gasteiger partial charge in [0.15, 0.2) is 11.5 Å². The van der Waals surface area contributed by atoms with Crippen LogP contribution in [-0.2, 0) is 0 Å². The predicted octanol–water partition coefficient (Wildman–Crippen LogP) is 3.74. The molecule has 2 aromatic carbocycles. The summed E-state index contributed by atoms with van der Waals surface area (Å²) < 4.78 is 10.8. The molecule has 2 aromatic rings. The lowest BCUT2D eigenvalue weighted by atomic mass is 10.1. The van der Waals surface area contributed by atoms with Crippen molar-refractivity contribution in [2.45, 2.75) is 13.8 Å². The van der Waals surface area contributed by atoms with Gasteiger partial charge in [0, 0.05) is 5.56 Å². The molecule has 0 saturated heterocycles. The van der Waals surface area contributed by atoms with Gasteiger partial charge in [0.1, 0.15) is 6.61 Å². The summed E-state index contributed by atoms with van der Waals surface area (Å²) in [7, 11) is 1.63. The standard InChI is InChI=1S/C18H18O2/c1-14-11-15(2)13-16(12-14)7-6-10-20-18-9-5-4-8-17(18)19-3/h4-5,8-9,11-13H,10H2,1-3H3. The van der Waals surface area contributed by atoms with Crippen molar-refractivity contribution in [1.82, 2.24) is 0 Å². The van der Waals surface area contributed by atoms with Gasteiger partial charge in [-0.2, -0.15) is 0 Å². The molecule has 0 aliphatic carbocycles. The minimum atomic E-state index is 0.341. The third-order valence-corrected chi connectivity index (χ3v) is 2.82. The van der Waals surface area contributed by atoms with Gasteiger partial charge in [0.25, 0.3) is 0 Å². The highest BCUT2D eigenvalue weighted by Crippen LogP contribution is 2.25. The van der Waals surface area contributed by atoms with Crippen molar-refractivity contribution in [1.29, 1.82) is 0 Å². The zero-order valence-electron chi connectivity index (χ0n) is 12.1. The highest BCUT2D eigenvalue weighted by Gasteiger charge is 2.00. The quantitative estimate of drug-likeness (QED) is 0.788. The van der Waals surface area contributed by atoms with Crippen LogP contribution in [0.3, 0.4) is 0 Å². The third kappa shape index (κ3) is 3.80. The van der Waals surface area contributed by atoms with Crippen LogP contribution in [0, 0.1) is 25.7 Å². The van der Waals surface area contributed by atoms with Crippen LogP contribution >= 0.6 is 0 Å². The van der Waals surface area contributed by atoms with Gasteiger partial charge in [-0.15, -0.1) is 0 Å². The first-order valence-corrected chi connectivity index (χ1v) is 6.52. The first-order valence-electron chi connectivity index (χ1n) is 6.52. The molecule has 2 nitrogen and oxygen atoms in total. The Kier molecular flexibility index (Phi) is 4.68. The molecule has 2 rings (SSSR count). The molecule has 0 bridgehead atoms. The van der Waals surface area contributed by atoms with E-state index in [-0.39, 0.29) is 0 Å². The largest absolute Gasteiger partial charge is 0.493 e. The highest BCUT2D eigenvalue weighted by molar-refractivity contribution is 5.41. The molecule has 102 valence electrons. The Bertz CT molecular complexity index is 628. The van der Waals surface area contributed by atoms with Gasteiger partial charge < -0.3 is 9.47 Å². The summed E-state index contributed by atoms with van der Waals surface area (Å²) in [4.78, 5) is 0. The minimum Gasteiger partial charge on any atom is -0.493 e. The van der Waals surface area contributed by atoms with Crippen molar-refractivity contribution >= 4 is 0 Å². The Morgan fingerprint density at radius 2 is 1.60 bits per heavy atom. The third-order valence-electron chi connectivity index (χ3n) is 2.82. The molecule has 0 spiro atoms. The molecule has 0 atom stereocenters. The van der Waals surface area contributed by atoms with E-state index >= 15 is 0 Å². The van der Waals surface area contributed by atoms with Gasteiger partial charge in [-0.1, -0.05) is 30.0 Å². The number of ether oxygens (including phenoxy) is 2. The molecule has 0 unspecified atom stereocenters. The van der Waals surface area contributed by atoms with Crippen LogP contribution in [0.2, 0.25) is 0 Å².